The summed E-state index contributed by atoms with van der Waals surface area (Å²) in [7, 11) is -1.97. The van der Waals surface area contributed by atoms with Crippen molar-refractivity contribution in [1.29, 1.82) is 0 Å². The minimum atomic E-state index is -1.97. The van der Waals surface area contributed by atoms with Crippen LogP contribution in [0.25, 0.3) is 55.4 Å². The predicted octanol–water partition coefficient (Wildman–Crippen LogP) is 8.01. The molecule has 3 heterocycles. The first-order valence-electron chi connectivity index (χ1n) is 11.5. The van der Waals surface area contributed by atoms with Crippen molar-refractivity contribution in [3.8, 4) is 33.6 Å². The van der Waals surface area contributed by atoms with Crippen molar-refractivity contribution in [2.24, 2.45) is 0 Å². The van der Waals surface area contributed by atoms with Gasteiger partial charge in [0.25, 0.3) is 8.40 Å². The van der Waals surface area contributed by atoms with Crippen LogP contribution in [0.2, 0.25) is 13.1 Å². The van der Waals surface area contributed by atoms with Gasteiger partial charge in [0.1, 0.15) is 0 Å². The van der Waals surface area contributed by atoms with Crippen LogP contribution in [0.4, 0.5) is 0 Å². The lowest BCUT2D eigenvalue weighted by molar-refractivity contribution is 1.16. The first-order chi connectivity index (χ1) is 16.1. The molecule has 2 nitrogen and oxygen atoms in total. The standard InChI is InChI=1S/C30H24N2Si/c1-33(2)31-27-15-13-23(21-9-5-3-6-10-21)17-25(27)19-29(31)30-20-26-18-24(14-16-28(26)32(30)33)22-11-7-4-8-12-22/h3-20H,1-2H3. The van der Waals surface area contributed by atoms with Crippen molar-refractivity contribution < 1.29 is 0 Å². The molecule has 0 amide bonds. The summed E-state index contributed by atoms with van der Waals surface area (Å²) in [5, 5.41) is 2.65. The SMILES string of the molecule is C[Si]1(C)n2c(cc3cc(-c4ccccc4)ccc32)-c2cc3cc(-c4ccccc4)ccc3n21. The Balaban J connectivity index is 1.43. The van der Waals surface area contributed by atoms with Gasteiger partial charge in [-0.1, -0.05) is 72.8 Å². The van der Waals surface area contributed by atoms with E-state index in [0.29, 0.717) is 0 Å². The molecule has 1 aliphatic rings. The highest BCUT2D eigenvalue weighted by Crippen LogP contribution is 2.43. The molecular weight excluding hydrogens is 416 g/mol. The molecule has 0 radical (unpaired) electrons. The Hall–Kier alpha value is -3.82. The van der Waals surface area contributed by atoms with E-state index in [1.807, 2.05) is 0 Å². The van der Waals surface area contributed by atoms with Gasteiger partial charge in [-0.3, -0.25) is 0 Å². The summed E-state index contributed by atoms with van der Waals surface area (Å²) in [6.45, 7) is 4.92. The van der Waals surface area contributed by atoms with Crippen molar-refractivity contribution >= 4 is 30.2 Å². The molecule has 33 heavy (non-hydrogen) atoms. The summed E-state index contributed by atoms with van der Waals surface area (Å²) >= 11 is 0. The normalized spacial score (nSPS) is 14.0. The Bertz CT molecular complexity index is 1550. The average Bonchev–Trinajstić information content (AvgIpc) is 3.48. The summed E-state index contributed by atoms with van der Waals surface area (Å²) in [6, 6.07) is 40.0. The zero-order valence-corrected chi connectivity index (χ0v) is 19.8. The smallest absolute Gasteiger partial charge is 0.267 e. The monoisotopic (exact) mass is 440 g/mol. The van der Waals surface area contributed by atoms with Gasteiger partial charge in [-0.25, -0.2) is 0 Å². The lowest BCUT2D eigenvalue weighted by Gasteiger charge is -2.24. The molecule has 7 rings (SSSR count). The summed E-state index contributed by atoms with van der Waals surface area (Å²) in [5.41, 5.74) is 10.5. The van der Waals surface area contributed by atoms with Crippen molar-refractivity contribution in [2.45, 2.75) is 13.1 Å². The zero-order chi connectivity index (χ0) is 22.2. The zero-order valence-electron chi connectivity index (χ0n) is 18.8. The Morgan fingerprint density at radius 1 is 0.455 bits per heavy atom. The maximum atomic E-state index is 2.64. The molecule has 1 aliphatic heterocycles. The van der Waals surface area contributed by atoms with Crippen molar-refractivity contribution in [3.05, 3.63) is 109 Å². The van der Waals surface area contributed by atoms with E-state index in [9.17, 15) is 0 Å². The first kappa shape index (κ1) is 18.7. The Morgan fingerprint density at radius 2 is 0.879 bits per heavy atom. The molecule has 0 aliphatic carbocycles. The van der Waals surface area contributed by atoms with Crippen LogP contribution in [0, 0.1) is 0 Å². The molecular formula is C30H24N2Si. The van der Waals surface area contributed by atoms with E-state index in [1.165, 1.54) is 55.4 Å². The lowest BCUT2D eigenvalue weighted by atomic mass is 10.0. The molecule has 0 fully saturated rings. The number of hydrogen-bond acceptors (Lipinski definition) is 0. The van der Waals surface area contributed by atoms with Crippen LogP contribution in [0.15, 0.2) is 109 Å². The quantitative estimate of drug-likeness (QED) is 0.241. The molecule has 4 aromatic carbocycles. The van der Waals surface area contributed by atoms with Crippen LogP contribution < -0.4 is 0 Å². The van der Waals surface area contributed by atoms with E-state index in [0.717, 1.165) is 0 Å². The van der Waals surface area contributed by atoms with E-state index in [-0.39, 0.29) is 0 Å². The highest BCUT2D eigenvalue weighted by Gasteiger charge is 2.40. The second-order valence-corrected chi connectivity index (χ2v) is 13.4. The second-order valence-electron chi connectivity index (χ2n) is 9.50. The van der Waals surface area contributed by atoms with E-state index in [2.05, 4.69) is 131 Å². The van der Waals surface area contributed by atoms with Gasteiger partial charge in [-0.2, -0.15) is 0 Å². The number of benzene rings is 4. The summed E-state index contributed by atoms with van der Waals surface area (Å²) < 4.78 is 5.27. The van der Waals surface area contributed by atoms with Crippen LogP contribution in [0.3, 0.4) is 0 Å². The van der Waals surface area contributed by atoms with Gasteiger partial charge in [0.2, 0.25) is 0 Å². The van der Waals surface area contributed by atoms with Crippen molar-refractivity contribution in [3.63, 3.8) is 0 Å². The Kier molecular flexibility index (Phi) is 3.74. The van der Waals surface area contributed by atoms with Crippen LogP contribution >= 0.6 is 0 Å². The minimum absolute atomic E-state index is 1.27. The molecule has 0 saturated heterocycles. The average molecular weight is 441 g/mol. The fourth-order valence-corrected chi connectivity index (χ4v) is 9.03. The number of nitrogens with zero attached hydrogens (tertiary/aromatic N) is 2. The van der Waals surface area contributed by atoms with E-state index in [4.69, 9.17) is 0 Å². The summed E-state index contributed by atoms with van der Waals surface area (Å²) in [6.07, 6.45) is 0. The van der Waals surface area contributed by atoms with Crippen LogP contribution in [0.1, 0.15) is 0 Å². The molecule has 3 heteroatoms. The summed E-state index contributed by atoms with van der Waals surface area (Å²) in [4.78, 5) is 0. The highest BCUT2D eigenvalue weighted by molar-refractivity contribution is 6.78. The molecule has 0 spiro atoms. The maximum absolute atomic E-state index is 2.64. The van der Waals surface area contributed by atoms with Crippen LogP contribution in [-0.4, -0.2) is 16.9 Å². The van der Waals surface area contributed by atoms with Crippen LogP contribution in [0.5, 0.6) is 0 Å². The predicted molar refractivity (Wildman–Crippen MR) is 142 cm³/mol. The molecule has 158 valence electrons. The van der Waals surface area contributed by atoms with Gasteiger partial charge in [0.05, 0.1) is 11.4 Å². The fourth-order valence-electron chi connectivity index (χ4n) is 5.71. The van der Waals surface area contributed by atoms with E-state index < -0.39 is 8.40 Å². The fraction of sp³-hybridized carbons (Fsp3) is 0.0667. The van der Waals surface area contributed by atoms with Gasteiger partial charge >= 0.3 is 0 Å². The van der Waals surface area contributed by atoms with Gasteiger partial charge in [-0.15, -0.1) is 0 Å². The third-order valence-corrected chi connectivity index (χ3v) is 10.3. The maximum Gasteiger partial charge on any atom is 0.267 e. The summed E-state index contributed by atoms with van der Waals surface area (Å²) in [5.74, 6) is 0. The van der Waals surface area contributed by atoms with E-state index in [1.54, 1.807) is 0 Å². The minimum Gasteiger partial charge on any atom is -0.348 e. The number of hydrogen-bond donors (Lipinski definition) is 0. The molecule has 0 N–H and O–H groups in total. The van der Waals surface area contributed by atoms with E-state index >= 15 is 0 Å². The molecule has 0 unspecified atom stereocenters. The topological polar surface area (TPSA) is 9.86 Å². The second kappa shape index (κ2) is 6.59. The van der Waals surface area contributed by atoms with Gasteiger partial charge in [0.15, 0.2) is 0 Å². The van der Waals surface area contributed by atoms with Gasteiger partial charge < -0.3 is 8.47 Å². The highest BCUT2D eigenvalue weighted by atomic mass is 28.3. The Morgan fingerprint density at radius 3 is 1.30 bits per heavy atom. The third kappa shape index (κ3) is 2.60. The molecule has 2 aromatic heterocycles. The van der Waals surface area contributed by atoms with Gasteiger partial charge in [0, 0.05) is 21.8 Å². The van der Waals surface area contributed by atoms with Crippen molar-refractivity contribution in [1.82, 2.24) is 8.47 Å². The van der Waals surface area contributed by atoms with Crippen molar-refractivity contribution in [2.75, 3.05) is 0 Å². The third-order valence-electron chi connectivity index (χ3n) is 7.17. The van der Waals surface area contributed by atoms with Crippen LogP contribution in [-0.2, 0) is 0 Å². The molecule has 6 aromatic rings. The first-order valence-corrected chi connectivity index (χ1v) is 14.4. The number of aromatic nitrogens is 2. The van der Waals surface area contributed by atoms with Gasteiger partial charge in [-0.05, 0) is 71.7 Å². The number of fused-ring (bicyclic) bond motifs is 7. The Labute approximate surface area is 194 Å². The largest absolute Gasteiger partial charge is 0.348 e. The lowest BCUT2D eigenvalue weighted by Crippen LogP contribution is -2.40. The molecule has 0 bridgehead atoms. The molecule has 0 atom stereocenters. The number of rotatable bonds is 2. The molecule has 0 saturated carbocycles.